The first kappa shape index (κ1) is 23.1. The van der Waals surface area contributed by atoms with Crippen molar-refractivity contribution in [2.24, 2.45) is 0 Å². The van der Waals surface area contributed by atoms with Gasteiger partial charge in [0.15, 0.2) is 0 Å². The van der Waals surface area contributed by atoms with Crippen LogP contribution >= 0.6 is 0 Å². The van der Waals surface area contributed by atoms with Crippen LogP contribution < -0.4 is 0 Å². The van der Waals surface area contributed by atoms with E-state index in [1.165, 1.54) is 54.6 Å². The lowest BCUT2D eigenvalue weighted by atomic mass is 10.0. The number of rotatable bonds is 3. The van der Waals surface area contributed by atoms with Crippen LogP contribution in [0.2, 0.25) is 0 Å². The summed E-state index contributed by atoms with van der Waals surface area (Å²) < 4.78 is 4.69. The molecule has 3 heteroatoms. The number of para-hydroxylation sites is 3. The molecule has 0 atom stereocenters. The summed E-state index contributed by atoms with van der Waals surface area (Å²) in [4.78, 5) is 5.02. The number of hydrogen-bond acceptors (Lipinski definition) is 1. The molecule has 9 rings (SSSR count). The molecule has 0 saturated carbocycles. The molecule has 0 radical (unpaired) electrons. The van der Waals surface area contributed by atoms with Crippen molar-refractivity contribution in [2.45, 2.75) is 0 Å². The van der Waals surface area contributed by atoms with E-state index in [2.05, 4.69) is 155 Å². The second-order valence-corrected chi connectivity index (χ2v) is 10.9. The molecule has 9 aromatic rings. The SMILES string of the molecule is c1ccc(-n2c3ccccc3c3cc(-c4ccc5c(c4)c4ccccc4n5-c4ccc5ccccc5c4)ncc32)cc1. The van der Waals surface area contributed by atoms with Crippen molar-refractivity contribution in [2.75, 3.05) is 0 Å². The number of nitrogens with zero attached hydrogens (tertiary/aromatic N) is 3. The van der Waals surface area contributed by atoms with Crippen LogP contribution in [-0.4, -0.2) is 14.1 Å². The zero-order chi connectivity index (χ0) is 27.6. The summed E-state index contributed by atoms with van der Waals surface area (Å²) in [5.41, 5.74) is 9.09. The zero-order valence-corrected chi connectivity index (χ0v) is 22.8. The second kappa shape index (κ2) is 8.92. The van der Waals surface area contributed by atoms with Gasteiger partial charge in [-0.05, 0) is 65.4 Å². The average molecular weight is 536 g/mol. The third-order valence-electron chi connectivity index (χ3n) is 8.53. The van der Waals surface area contributed by atoms with Gasteiger partial charge in [0.25, 0.3) is 0 Å². The van der Waals surface area contributed by atoms with Crippen molar-refractivity contribution in [3.05, 3.63) is 152 Å². The summed E-state index contributed by atoms with van der Waals surface area (Å²) in [5.74, 6) is 0. The first-order valence-corrected chi connectivity index (χ1v) is 14.3. The van der Waals surface area contributed by atoms with Crippen molar-refractivity contribution >= 4 is 54.4 Å². The summed E-state index contributed by atoms with van der Waals surface area (Å²) in [6, 6.07) is 52.1. The minimum Gasteiger partial charge on any atom is -0.309 e. The maximum absolute atomic E-state index is 5.02. The molecule has 42 heavy (non-hydrogen) atoms. The lowest BCUT2D eigenvalue weighted by Crippen LogP contribution is -1.94. The molecule has 0 fully saturated rings. The first-order chi connectivity index (χ1) is 20.8. The second-order valence-electron chi connectivity index (χ2n) is 10.9. The van der Waals surface area contributed by atoms with E-state index in [1.807, 2.05) is 6.20 Å². The Morgan fingerprint density at radius 3 is 1.79 bits per heavy atom. The standard InChI is InChI=1S/C39H25N3/c1-2-12-29(13-3-1)41-36-16-8-7-15-32(36)34-24-35(40-25-39(34)41)28-19-21-38-33(23-28)31-14-6-9-17-37(31)42(38)30-20-18-26-10-4-5-11-27(26)22-30/h1-25H. The van der Waals surface area contributed by atoms with Gasteiger partial charge in [-0.15, -0.1) is 0 Å². The minimum atomic E-state index is 0.975. The molecule has 6 aromatic carbocycles. The van der Waals surface area contributed by atoms with Gasteiger partial charge in [0, 0.05) is 38.5 Å². The predicted molar refractivity (Wildman–Crippen MR) is 176 cm³/mol. The highest BCUT2D eigenvalue weighted by atomic mass is 15.0. The predicted octanol–water partition coefficient (Wildman–Crippen LogP) is 10.1. The number of fused-ring (bicyclic) bond motifs is 7. The highest BCUT2D eigenvalue weighted by molar-refractivity contribution is 6.12. The van der Waals surface area contributed by atoms with E-state index in [4.69, 9.17) is 4.98 Å². The molecule has 0 aliphatic heterocycles. The molecule has 0 aliphatic rings. The van der Waals surface area contributed by atoms with Gasteiger partial charge < -0.3 is 9.13 Å². The molecule has 0 bridgehead atoms. The number of hydrogen-bond donors (Lipinski definition) is 0. The van der Waals surface area contributed by atoms with E-state index in [9.17, 15) is 0 Å². The molecule has 3 heterocycles. The van der Waals surface area contributed by atoms with Crippen molar-refractivity contribution in [1.29, 1.82) is 0 Å². The Morgan fingerprint density at radius 1 is 0.381 bits per heavy atom. The normalized spacial score (nSPS) is 11.8. The van der Waals surface area contributed by atoms with Gasteiger partial charge in [-0.2, -0.15) is 0 Å². The van der Waals surface area contributed by atoms with Crippen LogP contribution in [0.5, 0.6) is 0 Å². The van der Waals surface area contributed by atoms with Crippen LogP contribution in [0.15, 0.2) is 152 Å². The molecular weight excluding hydrogens is 510 g/mol. The molecule has 0 aliphatic carbocycles. The smallest absolute Gasteiger partial charge is 0.0724 e. The Morgan fingerprint density at radius 2 is 1.00 bits per heavy atom. The van der Waals surface area contributed by atoms with Gasteiger partial charge in [-0.25, -0.2) is 0 Å². The van der Waals surface area contributed by atoms with E-state index in [0.717, 1.165) is 22.5 Å². The van der Waals surface area contributed by atoms with Gasteiger partial charge in [0.1, 0.15) is 0 Å². The van der Waals surface area contributed by atoms with Crippen LogP contribution in [-0.2, 0) is 0 Å². The highest BCUT2D eigenvalue weighted by Gasteiger charge is 2.16. The molecule has 0 saturated heterocycles. The minimum absolute atomic E-state index is 0.975. The Balaban J connectivity index is 1.26. The van der Waals surface area contributed by atoms with Crippen LogP contribution in [0.25, 0.3) is 77.0 Å². The Hall–Kier alpha value is -5.67. The molecule has 0 N–H and O–H groups in total. The number of aromatic nitrogens is 3. The number of pyridine rings is 1. The molecule has 3 aromatic heterocycles. The van der Waals surface area contributed by atoms with Gasteiger partial charge >= 0.3 is 0 Å². The Kier molecular flexibility index (Phi) is 4.90. The van der Waals surface area contributed by atoms with E-state index in [-0.39, 0.29) is 0 Å². The average Bonchev–Trinajstić information content (AvgIpc) is 3.57. The highest BCUT2D eigenvalue weighted by Crippen LogP contribution is 2.37. The van der Waals surface area contributed by atoms with Crippen molar-refractivity contribution in [3.63, 3.8) is 0 Å². The van der Waals surface area contributed by atoms with Crippen molar-refractivity contribution < 1.29 is 0 Å². The van der Waals surface area contributed by atoms with E-state index in [0.29, 0.717) is 0 Å². The van der Waals surface area contributed by atoms with Gasteiger partial charge in [0.05, 0.1) is 34.0 Å². The summed E-state index contributed by atoms with van der Waals surface area (Å²) in [5, 5.41) is 7.39. The van der Waals surface area contributed by atoms with Crippen LogP contribution in [0, 0.1) is 0 Å². The van der Waals surface area contributed by atoms with Gasteiger partial charge in [-0.3, -0.25) is 4.98 Å². The molecule has 3 nitrogen and oxygen atoms in total. The molecule has 0 spiro atoms. The molecule has 0 unspecified atom stereocenters. The van der Waals surface area contributed by atoms with E-state index >= 15 is 0 Å². The van der Waals surface area contributed by atoms with Crippen molar-refractivity contribution in [1.82, 2.24) is 14.1 Å². The van der Waals surface area contributed by atoms with Crippen LogP contribution in [0.4, 0.5) is 0 Å². The van der Waals surface area contributed by atoms with Crippen molar-refractivity contribution in [3.8, 4) is 22.6 Å². The maximum atomic E-state index is 5.02. The van der Waals surface area contributed by atoms with Gasteiger partial charge in [-0.1, -0.05) is 91.0 Å². The fourth-order valence-corrected chi connectivity index (χ4v) is 6.61. The maximum Gasteiger partial charge on any atom is 0.0724 e. The van der Waals surface area contributed by atoms with Crippen LogP contribution in [0.1, 0.15) is 0 Å². The third-order valence-corrected chi connectivity index (χ3v) is 8.53. The summed E-state index contributed by atoms with van der Waals surface area (Å²) in [6.07, 6.45) is 2.03. The summed E-state index contributed by atoms with van der Waals surface area (Å²) in [7, 11) is 0. The fraction of sp³-hybridized carbons (Fsp3) is 0. The largest absolute Gasteiger partial charge is 0.309 e. The fourth-order valence-electron chi connectivity index (χ4n) is 6.61. The summed E-state index contributed by atoms with van der Waals surface area (Å²) in [6.45, 7) is 0. The Labute approximate surface area is 242 Å². The monoisotopic (exact) mass is 535 g/mol. The molecule has 196 valence electrons. The van der Waals surface area contributed by atoms with E-state index in [1.54, 1.807) is 0 Å². The topological polar surface area (TPSA) is 22.8 Å². The van der Waals surface area contributed by atoms with Crippen LogP contribution in [0.3, 0.4) is 0 Å². The lowest BCUT2D eigenvalue weighted by Gasteiger charge is -2.10. The molecular formula is C39H25N3. The first-order valence-electron chi connectivity index (χ1n) is 14.3. The quantitative estimate of drug-likeness (QED) is 0.221. The van der Waals surface area contributed by atoms with Gasteiger partial charge in [0.2, 0.25) is 0 Å². The number of benzene rings is 6. The lowest BCUT2D eigenvalue weighted by molar-refractivity contribution is 1.17. The zero-order valence-electron chi connectivity index (χ0n) is 22.8. The Bertz CT molecular complexity index is 2460. The van der Waals surface area contributed by atoms with E-state index < -0.39 is 0 Å². The third kappa shape index (κ3) is 3.37. The molecule has 0 amide bonds. The summed E-state index contributed by atoms with van der Waals surface area (Å²) >= 11 is 0.